The van der Waals surface area contributed by atoms with E-state index in [2.05, 4.69) is 4.90 Å². The first kappa shape index (κ1) is 20.5. The van der Waals surface area contributed by atoms with Gasteiger partial charge in [-0.1, -0.05) is 48.5 Å². The van der Waals surface area contributed by atoms with E-state index in [0.29, 0.717) is 13.1 Å². The molecule has 0 unspecified atom stereocenters. The molecule has 4 rings (SSSR count). The van der Waals surface area contributed by atoms with Crippen LogP contribution in [0.3, 0.4) is 0 Å². The lowest BCUT2D eigenvalue weighted by molar-refractivity contribution is -0.252. The summed E-state index contributed by atoms with van der Waals surface area (Å²) in [6.07, 6.45) is 0.803. The maximum atomic E-state index is 9.85. The van der Waals surface area contributed by atoms with Crippen LogP contribution in [0.4, 0.5) is 0 Å². The van der Waals surface area contributed by atoms with Crippen LogP contribution in [0.25, 0.3) is 0 Å². The smallest absolute Gasteiger partial charge is 0.184 e. The first-order chi connectivity index (χ1) is 14.1. The Morgan fingerprint density at radius 1 is 0.966 bits per heavy atom. The molecule has 0 aliphatic carbocycles. The number of hydrogen-bond acceptors (Lipinski definition) is 6. The highest BCUT2D eigenvalue weighted by molar-refractivity contribution is 5.26. The molecule has 29 heavy (non-hydrogen) atoms. The molecule has 2 aromatic carbocycles. The highest BCUT2D eigenvalue weighted by Crippen LogP contribution is 2.38. The minimum atomic E-state index is -0.449. The summed E-state index contributed by atoms with van der Waals surface area (Å²) in [4.78, 5) is 2.27. The van der Waals surface area contributed by atoms with E-state index in [-0.39, 0.29) is 24.9 Å². The molecular formula is C23H30N2O4. The predicted octanol–water partition coefficient (Wildman–Crippen LogP) is 2.25. The number of β-amino-alcohol motifs (C(OH)–C–C–N with tert-alkyl or cyclic N) is 1. The summed E-state index contributed by atoms with van der Waals surface area (Å²) < 4.78 is 12.7. The van der Waals surface area contributed by atoms with E-state index < -0.39 is 6.29 Å². The molecule has 4 atom stereocenters. The number of benzene rings is 2. The molecule has 0 saturated carbocycles. The van der Waals surface area contributed by atoms with Crippen LogP contribution < -0.4 is 5.73 Å². The number of hydrogen-bond donors (Lipinski definition) is 3. The molecule has 2 heterocycles. The summed E-state index contributed by atoms with van der Waals surface area (Å²) in [5.74, 6) is 0. The van der Waals surface area contributed by atoms with Crippen molar-refractivity contribution in [2.45, 2.75) is 50.6 Å². The fourth-order valence-corrected chi connectivity index (χ4v) is 4.11. The van der Waals surface area contributed by atoms with Crippen molar-refractivity contribution in [3.8, 4) is 0 Å². The first-order valence-electron chi connectivity index (χ1n) is 10.3. The van der Waals surface area contributed by atoms with Gasteiger partial charge in [-0.3, -0.25) is 4.90 Å². The number of nitrogens with zero attached hydrogens (tertiary/aromatic N) is 1. The minimum Gasteiger partial charge on any atom is -0.392 e. The van der Waals surface area contributed by atoms with Crippen molar-refractivity contribution in [2.24, 2.45) is 5.73 Å². The number of ether oxygens (including phenoxy) is 2. The van der Waals surface area contributed by atoms with Gasteiger partial charge < -0.3 is 25.4 Å². The Hall–Kier alpha value is -1.80. The zero-order valence-corrected chi connectivity index (χ0v) is 16.6. The van der Waals surface area contributed by atoms with Crippen molar-refractivity contribution < 1.29 is 19.7 Å². The summed E-state index contributed by atoms with van der Waals surface area (Å²) >= 11 is 0. The maximum absolute atomic E-state index is 9.85. The topological polar surface area (TPSA) is 88.2 Å². The van der Waals surface area contributed by atoms with Gasteiger partial charge >= 0.3 is 0 Å². The molecule has 2 aliphatic rings. The SMILES string of the molecule is NCc1ccc([C@H]2O[C@@H](CN3CC[C@H](O)C3)C[C@@H](c3ccc(CO)cc3)O2)cc1. The molecule has 0 radical (unpaired) electrons. The molecule has 156 valence electrons. The van der Waals surface area contributed by atoms with E-state index in [1.54, 1.807) is 0 Å². The molecule has 0 bridgehead atoms. The van der Waals surface area contributed by atoms with Crippen molar-refractivity contribution in [3.63, 3.8) is 0 Å². The third-order valence-corrected chi connectivity index (χ3v) is 5.81. The summed E-state index contributed by atoms with van der Waals surface area (Å²) in [5, 5.41) is 19.2. The molecule has 2 aromatic rings. The molecule has 4 N–H and O–H groups in total. The van der Waals surface area contributed by atoms with Gasteiger partial charge in [0, 0.05) is 38.2 Å². The first-order valence-corrected chi connectivity index (χ1v) is 10.3. The number of rotatable bonds is 6. The molecule has 6 nitrogen and oxygen atoms in total. The van der Waals surface area contributed by atoms with E-state index in [1.165, 1.54) is 0 Å². The van der Waals surface area contributed by atoms with Crippen LogP contribution in [-0.4, -0.2) is 47.0 Å². The molecular weight excluding hydrogens is 368 g/mol. The fourth-order valence-electron chi connectivity index (χ4n) is 4.11. The second kappa shape index (κ2) is 9.34. The predicted molar refractivity (Wildman–Crippen MR) is 110 cm³/mol. The molecule has 0 spiro atoms. The average Bonchev–Trinajstić information content (AvgIpc) is 3.18. The monoisotopic (exact) mass is 398 g/mol. The van der Waals surface area contributed by atoms with Gasteiger partial charge in [-0.25, -0.2) is 0 Å². The average molecular weight is 399 g/mol. The Balaban J connectivity index is 1.53. The number of aliphatic hydroxyl groups excluding tert-OH is 2. The number of aliphatic hydroxyl groups is 2. The van der Waals surface area contributed by atoms with E-state index in [4.69, 9.17) is 15.2 Å². The van der Waals surface area contributed by atoms with Gasteiger partial charge in [-0.05, 0) is 23.1 Å². The lowest BCUT2D eigenvalue weighted by Gasteiger charge is -2.37. The molecule has 0 amide bonds. The number of likely N-dealkylation sites (tertiary alicyclic amines) is 1. The third-order valence-electron chi connectivity index (χ3n) is 5.81. The van der Waals surface area contributed by atoms with Gasteiger partial charge in [-0.15, -0.1) is 0 Å². The zero-order valence-electron chi connectivity index (χ0n) is 16.6. The Morgan fingerprint density at radius 3 is 2.28 bits per heavy atom. The lowest BCUT2D eigenvalue weighted by atomic mass is 9.99. The molecule has 0 aromatic heterocycles. The highest BCUT2D eigenvalue weighted by atomic mass is 16.7. The van der Waals surface area contributed by atoms with Gasteiger partial charge in [0.15, 0.2) is 6.29 Å². The normalized spacial score (nSPS) is 28.0. The minimum absolute atomic E-state index is 0.00996. The van der Waals surface area contributed by atoms with Crippen LogP contribution in [0.2, 0.25) is 0 Å². The summed E-state index contributed by atoms with van der Waals surface area (Å²) in [6.45, 7) is 2.92. The van der Waals surface area contributed by atoms with Gasteiger partial charge in [0.25, 0.3) is 0 Å². The largest absolute Gasteiger partial charge is 0.392 e. The van der Waals surface area contributed by atoms with E-state index >= 15 is 0 Å². The van der Waals surface area contributed by atoms with Crippen LogP contribution in [0.15, 0.2) is 48.5 Å². The van der Waals surface area contributed by atoms with Crippen molar-refractivity contribution in [2.75, 3.05) is 19.6 Å². The van der Waals surface area contributed by atoms with E-state index in [0.717, 1.165) is 48.2 Å². The van der Waals surface area contributed by atoms with Crippen molar-refractivity contribution >= 4 is 0 Å². The standard InChI is InChI=1S/C23H30N2O4/c24-12-16-1-7-19(8-2-16)23-28-21(14-25-10-9-20(27)13-25)11-22(29-23)18-5-3-17(15-26)4-6-18/h1-8,20-23,26-27H,9-15,24H2/t20-,21+,22-,23-/m0/s1. The molecule has 2 saturated heterocycles. The lowest BCUT2D eigenvalue weighted by Crippen LogP contribution is -2.38. The van der Waals surface area contributed by atoms with Gasteiger partial charge in [0.2, 0.25) is 0 Å². The zero-order chi connectivity index (χ0) is 20.2. The maximum Gasteiger partial charge on any atom is 0.184 e. The fraction of sp³-hybridized carbons (Fsp3) is 0.478. The summed E-state index contributed by atoms with van der Waals surface area (Å²) in [7, 11) is 0. The molecule has 2 fully saturated rings. The quantitative estimate of drug-likeness (QED) is 0.692. The Bertz CT molecular complexity index is 725. The second-order valence-electron chi connectivity index (χ2n) is 8.00. The Morgan fingerprint density at radius 2 is 1.66 bits per heavy atom. The number of nitrogens with two attached hydrogens (primary N) is 1. The molecule has 2 aliphatic heterocycles. The van der Waals surface area contributed by atoms with Crippen LogP contribution >= 0.6 is 0 Å². The van der Waals surface area contributed by atoms with Crippen LogP contribution in [0.1, 0.15) is 47.5 Å². The summed E-state index contributed by atoms with van der Waals surface area (Å²) in [6, 6.07) is 16.0. The third kappa shape index (κ3) is 5.04. The van der Waals surface area contributed by atoms with Gasteiger partial charge in [0.1, 0.15) is 0 Å². The van der Waals surface area contributed by atoms with Crippen molar-refractivity contribution in [1.29, 1.82) is 0 Å². The molecule has 6 heteroatoms. The van der Waals surface area contributed by atoms with Crippen molar-refractivity contribution in [1.82, 2.24) is 4.90 Å². The Labute approximate surface area is 171 Å². The van der Waals surface area contributed by atoms with E-state index in [9.17, 15) is 10.2 Å². The van der Waals surface area contributed by atoms with Gasteiger partial charge in [-0.2, -0.15) is 0 Å². The summed E-state index contributed by atoms with van der Waals surface area (Å²) in [5.41, 5.74) is 9.74. The Kier molecular flexibility index (Phi) is 6.60. The highest BCUT2D eigenvalue weighted by Gasteiger charge is 2.34. The van der Waals surface area contributed by atoms with Crippen LogP contribution in [0, 0.1) is 0 Å². The second-order valence-corrected chi connectivity index (χ2v) is 8.00. The van der Waals surface area contributed by atoms with E-state index in [1.807, 2.05) is 48.5 Å². The van der Waals surface area contributed by atoms with Crippen LogP contribution in [-0.2, 0) is 22.6 Å². The van der Waals surface area contributed by atoms with Crippen LogP contribution in [0.5, 0.6) is 0 Å². The van der Waals surface area contributed by atoms with Crippen molar-refractivity contribution in [3.05, 3.63) is 70.8 Å². The van der Waals surface area contributed by atoms with Gasteiger partial charge in [0.05, 0.1) is 24.9 Å².